The molecule has 21 heavy (non-hydrogen) atoms. The van der Waals surface area contributed by atoms with Crippen LogP contribution in [0.3, 0.4) is 0 Å². The molecule has 3 aliphatic heterocycles. The quantitative estimate of drug-likeness (QED) is 0.685. The molecule has 6 nitrogen and oxygen atoms in total. The van der Waals surface area contributed by atoms with Crippen molar-refractivity contribution in [1.82, 2.24) is 10.2 Å². The molecule has 1 unspecified atom stereocenters. The van der Waals surface area contributed by atoms with Crippen LogP contribution in [0.2, 0.25) is 5.02 Å². The largest absolute Gasteiger partial charge is 0.348 e. The number of rotatable bonds is 3. The highest BCUT2D eigenvalue weighted by Crippen LogP contribution is 2.28. The third kappa shape index (κ3) is 2.87. The number of halogens is 1. The van der Waals surface area contributed by atoms with Gasteiger partial charge in [0.05, 0.1) is 15.5 Å². The van der Waals surface area contributed by atoms with E-state index in [1.165, 1.54) is 18.2 Å². The van der Waals surface area contributed by atoms with Crippen LogP contribution in [0.15, 0.2) is 18.2 Å². The minimum atomic E-state index is -0.527. The zero-order chi connectivity index (χ0) is 15.0. The maximum absolute atomic E-state index is 12.3. The van der Waals surface area contributed by atoms with E-state index < -0.39 is 4.92 Å². The normalized spacial score (nSPS) is 27.4. The summed E-state index contributed by atoms with van der Waals surface area (Å²) in [5.74, 6) is 0.268. The number of carbonyl (C=O) groups is 1. The van der Waals surface area contributed by atoms with Gasteiger partial charge in [0.25, 0.3) is 11.6 Å². The van der Waals surface area contributed by atoms with Crippen molar-refractivity contribution in [2.45, 2.75) is 18.9 Å². The fourth-order valence-corrected chi connectivity index (χ4v) is 3.44. The van der Waals surface area contributed by atoms with Crippen molar-refractivity contribution >= 4 is 23.2 Å². The fourth-order valence-electron chi connectivity index (χ4n) is 3.18. The van der Waals surface area contributed by atoms with E-state index in [1.807, 2.05) is 0 Å². The van der Waals surface area contributed by atoms with Gasteiger partial charge < -0.3 is 10.2 Å². The Balaban J connectivity index is 1.72. The summed E-state index contributed by atoms with van der Waals surface area (Å²) in [6.45, 7) is 3.09. The Morgan fingerprint density at radius 3 is 2.62 bits per heavy atom. The molecular formula is C14H16ClN3O3. The number of hydrogen-bond donors (Lipinski definition) is 1. The molecule has 0 spiro atoms. The predicted molar refractivity (Wildman–Crippen MR) is 78.5 cm³/mol. The summed E-state index contributed by atoms with van der Waals surface area (Å²) in [4.78, 5) is 24.8. The lowest BCUT2D eigenvalue weighted by Gasteiger charge is -2.44. The first-order valence-electron chi connectivity index (χ1n) is 7.02. The molecule has 112 valence electrons. The molecule has 1 amide bonds. The lowest BCUT2D eigenvalue weighted by molar-refractivity contribution is -0.384. The Morgan fingerprint density at radius 2 is 2.10 bits per heavy atom. The van der Waals surface area contributed by atoms with E-state index in [2.05, 4.69) is 10.2 Å². The molecule has 0 radical (unpaired) electrons. The van der Waals surface area contributed by atoms with Crippen LogP contribution < -0.4 is 5.32 Å². The van der Waals surface area contributed by atoms with Gasteiger partial charge in [0.1, 0.15) is 0 Å². The first kappa shape index (κ1) is 14.3. The number of non-ortho nitro benzene ring substituents is 1. The molecule has 3 fully saturated rings. The second-order valence-electron chi connectivity index (χ2n) is 5.64. The molecule has 1 aromatic carbocycles. The van der Waals surface area contributed by atoms with E-state index in [9.17, 15) is 14.9 Å². The van der Waals surface area contributed by atoms with Crippen molar-refractivity contribution in [3.05, 3.63) is 38.9 Å². The number of fused-ring (bicyclic) bond motifs is 3. The van der Waals surface area contributed by atoms with Gasteiger partial charge >= 0.3 is 0 Å². The second kappa shape index (κ2) is 5.61. The highest BCUT2D eigenvalue weighted by molar-refractivity contribution is 6.34. The number of carbonyl (C=O) groups excluding carboxylic acids is 1. The Bertz CT molecular complexity index is 585. The van der Waals surface area contributed by atoms with E-state index in [1.54, 1.807) is 0 Å². The van der Waals surface area contributed by atoms with Crippen molar-refractivity contribution in [2.24, 2.45) is 5.92 Å². The smallest absolute Gasteiger partial charge is 0.270 e. The van der Waals surface area contributed by atoms with Crippen molar-refractivity contribution in [3.8, 4) is 0 Å². The minimum absolute atomic E-state index is 0.112. The highest BCUT2D eigenvalue weighted by Gasteiger charge is 2.35. The lowest BCUT2D eigenvalue weighted by Crippen LogP contribution is -2.57. The van der Waals surface area contributed by atoms with E-state index >= 15 is 0 Å². The molecule has 3 heterocycles. The molecule has 0 aromatic heterocycles. The Labute approximate surface area is 127 Å². The van der Waals surface area contributed by atoms with Crippen LogP contribution in [0, 0.1) is 16.0 Å². The molecule has 7 heteroatoms. The number of piperidine rings is 3. The summed E-state index contributed by atoms with van der Waals surface area (Å²) in [5.41, 5.74) is 0.179. The number of nitrogens with zero attached hydrogens (tertiary/aromatic N) is 2. The standard InChI is InChI=1S/C14H16ClN3O3/c15-12-7-10(18(20)21)1-2-11(12)14(19)16-13-8-17-5-3-9(13)4-6-17/h1-2,7,9,13H,3-6,8H2,(H,16,19). The number of amides is 1. The maximum Gasteiger partial charge on any atom is 0.270 e. The molecule has 2 bridgehead atoms. The van der Waals surface area contributed by atoms with Gasteiger partial charge in [-0.05, 0) is 37.9 Å². The summed E-state index contributed by atoms with van der Waals surface area (Å²) in [6, 6.07) is 4.08. The third-order valence-corrected chi connectivity index (χ3v) is 4.69. The van der Waals surface area contributed by atoms with E-state index in [0.717, 1.165) is 32.5 Å². The van der Waals surface area contributed by atoms with Gasteiger partial charge in [0.2, 0.25) is 0 Å². The first-order chi connectivity index (χ1) is 10.0. The van der Waals surface area contributed by atoms with Crippen LogP contribution in [0.1, 0.15) is 23.2 Å². The van der Waals surface area contributed by atoms with Gasteiger partial charge in [0, 0.05) is 24.7 Å². The molecule has 3 saturated heterocycles. The molecule has 0 aliphatic carbocycles. The van der Waals surface area contributed by atoms with Crippen molar-refractivity contribution in [3.63, 3.8) is 0 Å². The van der Waals surface area contributed by atoms with Gasteiger partial charge in [-0.2, -0.15) is 0 Å². The van der Waals surface area contributed by atoms with Crippen LogP contribution in [0.4, 0.5) is 5.69 Å². The second-order valence-corrected chi connectivity index (χ2v) is 6.05. The molecule has 1 N–H and O–H groups in total. The summed E-state index contributed by atoms with van der Waals surface area (Å²) in [7, 11) is 0. The molecule has 3 aliphatic rings. The SMILES string of the molecule is O=C(NC1CN2CCC1CC2)c1ccc([N+](=O)[O-])cc1Cl. The summed E-state index contributed by atoms with van der Waals surface area (Å²) in [5, 5.41) is 13.8. The van der Waals surface area contributed by atoms with Gasteiger partial charge in [-0.15, -0.1) is 0 Å². The molecular weight excluding hydrogens is 294 g/mol. The van der Waals surface area contributed by atoms with Gasteiger partial charge in [-0.1, -0.05) is 11.6 Å². The van der Waals surface area contributed by atoms with E-state index in [4.69, 9.17) is 11.6 Å². The third-order valence-electron chi connectivity index (χ3n) is 4.38. The zero-order valence-electron chi connectivity index (χ0n) is 11.4. The van der Waals surface area contributed by atoms with Gasteiger partial charge in [-0.3, -0.25) is 14.9 Å². The topological polar surface area (TPSA) is 75.5 Å². The number of benzene rings is 1. The number of nitro groups is 1. The van der Waals surface area contributed by atoms with E-state index in [-0.39, 0.29) is 22.7 Å². The van der Waals surface area contributed by atoms with Crippen LogP contribution in [0.5, 0.6) is 0 Å². The fraction of sp³-hybridized carbons (Fsp3) is 0.500. The number of nitro benzene ring substituents is 1. The Hall–Kier alpha value is -1.66. The number of nitrogens with one attached hydrogen (secondary N) is 1. The van der Waals surface area contributed by atoms with Crippen molar-refractivity contribution < 1.29 is 9.72 Å². The average Bonchev–Trinajstić information content (AvgIpc) is 2.48. The monoisotopic (exact) mass is 309 g/mol. The average molecular weight is 310 g/mol. The summed E-state index contributed by atoms with van der Waals surface area (Å²) >= 11 is 5.99. The molecule has 1 aromatic rings. The lowest BCUT2D eigenvalue weighted by atomic mass is 9.84. The maximum atomic E-state index is 12.3. The summed E-state index contributed by atoms with van der Waals surface area (Å²) in [6.07, 6.45) is 2.22. The minimum Gasteiger partial charge on any atom is -0.348 e. The zero-order valence-corrected chi connectivity index (χ0v) is 12.2. The van der Waals surface area contributed by atoms with Gasteiger partial charge in [-0.25, -0.2) is 0 Å². The Morgan fingerprint density at radius 1 is 1.38 bits per heavy atom. The first-order valence-corrected chi connectivity index (χ1v) is 7.39. The predicted octanol–water partition coefficient (Wildman–Crippen LogP) is 2.07. The summed E-state index contributed by atoms with van der Waals surface area (Å²) < 4.78 is 0. The van der Waals surface area contributed by atoms with Crippen molar-refractivity contribution in [2.75, 3.05) is 19.6 Å². The Kier molecular flexibility index (Phi) is 3.82. The van der Waals surface area contributed by atoms with Crippen LogP contribution in [-0.4, -0.2) is 41.4 Å². The van der Waals surface area contributed by atoms with Crippen molar-refractivity contribution in [1.29, 1.82) is 0 Å². The van der Waals surface area contributed by atoms with Crippen LogP contribution >= 0.6 is 11.6 Å². The van der Waals surface area contributed by atoms with Crippen LogP contribution in [0.25, 0.3) is 0 Å². The van der Waals surface area contributed by atoms with Gasteiger partial charge in [0.15, 0.2) is 0 Å². The highest BCUT2D eigenvalue weighted by atomic mass is 35.5. The van der Waals surface area contributed by atoms with Crippen LogP contribution in [-0.2, 0) is 0 Å². The molecule has 0 saturated carbocycles. The van der Waals surface area contributed by atoms with E-state index in [0.29, 0.717) is 11.5 Å². The number of hydrogen-bond acceptors (Lipinski definition) is 4. The molecule has 1 atom stereocenters. The molecule has 4 rings (SSSR count).